The van der Waals surface area contributed by atoms with E-state index in [0.29, 0.717) is 24.4 Å². The predicted molar refractivity (Wildman–Crippen MR) is 133 cm³/mol. The number of amides is 2. The fourth-order valence-electron chi connectivity index (χ4n) is 3.74. The summed E-state index contributed by atoms with van der Waals surface area (Å²) < 4.78 is 6.65. The van der Waals surface area contributed by atoms with Crippen molar-refractivity contribution in [2.45, 2.75) is 26.4 Å². The number of thiophene rings is 1. The van der Waals surface area contributed by atoms with Crippen LogP contribution in [-0.2, 0) is 20.9 Å². The summed E-state index contributed by atoms with van der Waals surface area (Å²) in [4.78, 5) is 29.6. The van der Waals surface area contributed by atoms with Crippen LogP contribution in [0.5, 0.6) is 0 Å². The highest BCUT2D eigenvalue weighted by Crippen LogP contribution is 2.32. The molecule has 4 aromatic rings. The van der Waals surface area contributed by atoms with Crippen molar-refractivity contribution >= 4 is 39.9 Å². The molecule has 0 saturated heterocycles. The summed E-state index contributed by atoms with van der Waals surface area (Å²) in [6, 6.07) is 16.2. The molecule has 1 atom stereocenters. The van der Waals surface area contributed by atoms with Gasteiger partial charge in [0.05, 0.1) is 12.1 Å². The number of rotatable bonds is 9. The molecule has 4 rings (SSSR count). The van der Waals surface area contributed by atoms with E-state index in [4.69, 9.17) is 4.74 Å². The predicted octanol–water partition coefficient (Wildman–Crippen LogP) is 3.65. The van der Waals surface area contributed by atoms with Crippen molar-refractivity contribution in [1.82, 2.24) is 20.3 Å². The fourth-order valence-corrected chi connectivity index (χ4v) is 4.56. The summed E-state index contributed by atoms with van der Waals surface area (Å²) in [5.41, 5.74) is 4.26. The van der Waals surface area contributed by atoms with Gasteiger partial charge in [-0.05, 0) is 60.7 Å². The molecular formula is C25H27N5O3S. The van der Waals surface area contributed by atoms with Gasteiger partial charge in [-0.15, -0.1) is 16.4 Å². The molecular weight excluding hydrogens is 450 g/mol. The maximum atomic E-state index is 13.9. The van der Waals surface area contributed by atoms with E-state index in [-0.39, 0.29) is 18.4 Å². The molecule has 2 heterocycles. The van der Waals surface area contributed by atoms with Gasteiger partial charge in [-0.25, -0.2) is 4.68 Å². The lowest BCUT2D eigenvalue weighted by Crippen LogP contribution is -2.45. The van der Waals surface area contributed by atoms with Crippen LogP contribution < -0.4 is 10.2 Å². The van der Waals surface area contributed by atoms with Gasteiger partial charge in [0.15, 0.2) is 0 Å². The van der Waals surface area contributed by atoms with Gasteiger partial charge in [0.25, 0.3) is 0 Å². The van der Waals surface area contributed by atoms with Gasteiger partial charge < -0.3 is 10.1 Å². The number of para-hydroxylation sites is 1. The minimum absolute atomic E-state index is 0.0549. The summed E-state index contributed by atoms with van der Waals surface area (Å²) in [5.74, 6) is -0.534. The van der Waals surface area contributed by atoms with Crippen LogP contribution in [0.25, 0.3) is 11.0 Å². The first-order valence-electron chi connectivity index (χ1n) is 11.0. The first-order chi connectivity index (χ1) is 16.5. The Hall–Kier alpha value is -3.56. The lowest BCUT2D eigenvalue weighted by molar-refractivity contribution is -0.127. The molecule has 176 valence electrons. The Labute approximate surface area is 202 Å². The van der Waals surface area contributed by atoms with Crippen LogP contribution in [0.15, 0.2) is 60.0 Å². The summed E-state index contributed by atoms with van der Waals surface area (Å²) in [7, 11) is 1.58. The standard InChI is InChI=1S/C25H27N5O3S/c1-17-10-11-19(15-18(17)2)30(23(31)16-29-21-8-5-4-7-20(21)27-28-29)24(22-9-6-14-34-22)25(32)26-12-13-33-3/h4-11,14-15,24H,12-13,16H2,1-3H3,(H,26,32)/t24-/m0/s1. The van der Waals surface area contributed by atoms with Crippen molar-refractivity contribution < 1.29 is 14.3 Å². The molecule has 0 radical (unpaired) electrons. The fraction of sp³-hybridized carbons (Fsp3) is 0.280. The Morgan fingerprint density at radius 2 is 1.94 bits per heavy atom. The van der Waals surface area contributed by atoms with Gasteiger partial charge in [-0.1, -0.05) is 29.5 Å². The average Bonchev–Trinajstić information content (AvgIpc) is 3.50. The number of methoxy groups -OCH3 is 1. The van der Waals surface area contributed by atoms with E-state index in [1.165, 1.54) is 11.3 Å². The Morgan fingerprint density at radius 3 is 2.68 bits per heavy atom. The summed E-state index contributed by atoms with van der Waals surface area (Å²) in [5, 5.41) is 13.1. The van der Waals surface area contributed by atoms with Gasteiger partial charge >= 0.3 is 0 Å². The van der Waals surface area contributed by atoms with E-state index in [9.17, 15) is 9.59 Å². The number of fused-ring (bicyclic) bond motifs is 1. The zero-order chi connectivity index (χ0) is 24.1. The third-order valence-electron chi connectivity index (χ3n) is 5.67. The van der Waals surface area contributed by atoms with Crippen LogP contribution in [0.1, 0.15) is 22.0 Å². The molecule has 2 aromatic heterocycles. The zero-order valence-corrected chi connectivity index (χ0v) is 20.2. The maximum absolute atomic E-state index is 13.9. The topological polar surface area (TPSA) is 89.4 Å². The second-order valence-corrected chi connectivity index (χ2v) is 8.95. The van der Waals surface area contributed by atoms with Crippen molar-refractivity contribution in [3.8, 4) is 0 Å². The molecule has 34 heavy (non-hydrogen) atoms. The summed E-state index contributed by atoms with van der Waals surface area (Å²) in [6.07, 6.45) is 0. The first-order valence-corrected chi connectivity index (χ1v) is 11.8. The molecule has 0 unspecified atom stereocenters. The van der Waals surface area contributed by atoms with Crippen LogP contribution in [0, 0.1) is 13.8 Å². The van der Waals surface area contributed by atoms with E-state index in [2.05, 4.69) is 15.6 Å². The van der Waals surface area contributed by atoms with Crippen LogP contribution in [0.4, 0.5) is 5.69 Å². The third kappa shape index (κ3) is 5.00. The second-order valence-electron chi connectivity index (χ2n) is 7.97. The Bertz CT molecular complexity index is 1280. The van der Waals surface area contributed by atoms with Gasteiger partial charge in [0.1, 0.15) is 18.1 Å². The molecule has 0 fully saturated rings. The van der Waals surface area contributed by atoms with Crippen LogP contribution in [-0.4, -0.2) is 47.1 Å². The van der Waals surface area contributed by atoms with Crippen molar-refractivity contribution in [2.75, 3.05) is 25.2 Å². The van der Waals surface area contributed by atoms with Gasteiger partial charge in [-0.2, -0.15) is 0 Å². The number of hydrogen-bond donors (Lipinski definition) is 1. The number of nitrogens with zero attached hydrogens (tertiary/aromatic N) is 4. The van der Waals surface area contributed by atoms with Crippen molar-refractivity contribution in [2.24, 2.45) is 0 Å². The Morgan fingerprint density at radius 1 is 1.12 bits per heavy atom. The molecule has 1 N–H and O–H groups in total. The molecule has 0 spiro atoms. The first kappa shape index (κ1) is 23.6. The normalized spacial score (nSPS) is 12.0. The smallest absolute Gasteiger partial charge is 0.249 e. The van der Waals surface area contributed by atoms with E-state index >= 15 is 0 Å². The molecule has 0 bridgehead atoms. The van der Waals surface area contributed by atoms with Crippen molar-refractivity contribution in [1.29, 1.82) is 0 Å². The SMILES string of the molecule is COCCNC(=O)[C@H](c1cccs1)N(C(=O)Cn1nnc2ccccc21)c1ccc(C)c(C)c1. The molecule has 8 nitrogen and oxygen atoms in total. The van der Waals surface area contributed by atoms with Gasteiger partial charge in [0.2, 0.25) is 11.8 Å². The minimum atomic E-state index is -0.832. The monoisotopic (exact) mass is 477 g/mol. The summed E-state index contributed by atoms with van der Waals surface area (Å²) >= 11 is 1.44. The molecule has 0 aliphatic carbocycles. The summed E-state index contributed by atoms with van der Waals surface area (Å²) in [6.45, 7) is 4.68. The Kier molecular flexibility index (Phi) is 7.34. The largest absolute Gasteiger partial charge is 0.383 e. The zero-order valence-electron chi connectivity index (χ0n) is 19.4. The Balaban J connectivity index is 1.76. The molecule has 2 amide bonds. The number of carbonyl (C=O) groups is 2. The number of aromatic nitrogens is 3. The second kappa shape index (κ2) is 10.6. The maximum Gasteiger partial charge on any atom is 0.249 e. The van der Waals surface area contributed by atoms with Crippen molar-refractivity contribution in [3.05, 3.63) is 76.0 Å². The number of anilines is 1. The van der Waals surface area contributed by atoms with Crippen LogP contribution >= 0.6 is 11.3 Å². The van der Waals surface area contributed by atoms with Gasteiger partial charge in [0, 0.05) is 24.2 Å². The molecule has 2 aromatic carbocycles. The number of benzene rings is 2. The van der Waals surface area contributed by atoms with Crippen molar-refractivity contribution in [3.63, 3.8) is 0 Å². The number of carbonyl (C=O) groups excluding carboxylic acids is 2. The lowest BCUT2D eigenvalue weighted by Gasteiger charge is -2.31. The number of aryl methyl sites for hydroxylation is 2. The number of hydrogen-bond acceptors (Lipinski definition) is 6. The van der Waals surface area contributed by atoms with Gasteiger partial charge in [-0.3, -0.25) is 14.5 Å². The van der Waals surface area contributed by atoms with E-state index in [0.717, 1.165) is 21.5 Å². The quantitative estimate of drug-likeness (QED) is 0.372. The highest BCUT2D eigenvalue weighted by molar-refractivity contribution is 7.10. The van der Waals surface area contributed by atoms with E-state index in [1.807, 2.05) is 73.8 Å². The lowest BCUT2D eigenvalue weighted by atomic mass is 10.1. The van der Waals surface area contributed by atoms with Crippen LogP contribution in [0.2, 0.25) is 0 Å². The third-order valence-corrected chi connectivity index (χ3v) is 6.59. The molecule has 0 saturated carbocycles. The van der Waals surface area contributed by atoms with Crippen LogP contribution in [0.3, 0.4) is 0 Å². The average molecular weight is 478 g/mol. The number of ether oxygens (including phenoxy) is 1. The molecule has 0 aliphatic rings. The van der Waals surface area contributed by atoms with E-state index < -0.39 is 6.04 Å². The van der Waals surface area contributed by atoms with E-state index in [1.54, 1.807) is 16.7 Å². The molecule has 9 heteroatoms. The highest BCUT2D eigenvalue weighted by atomic mass is 32.1. The number of nitrogens with one attached hydrogen (secondary N) is 1. The molecule has 0 aliphatic heterocycles. The minimum Gasteiger partial charge on any atom is -0.383 e. The highest BCUT2D eigenvalue weighted by Gasteiger charge is 2.34.